The van der Waals surface area contributed by atoms with Crippen LogP contribution in [0.1, 0.15) is 97.8 Å². The van der Waals surface area contributed by atoms with Gasteiger partial charge in [0.25, 0.3) is 0 Å². The summed E-state index contributed by atoms with van der Waals surface area (Å²) in [6.45, 7) is 6.75. The number of aldehydes is 1. The summed E-state index contributed by atoms with van der Waals surface area (Å²) in [7, 11) is 0. The molecule has 0 radical (unpaired) electrons. The lowest BCUT2D eigenvalue weighted by Gasteiger charge is -2.30. The minimum Gasteiger partial charge on any atom is -0.395 e. The molecular weight excluding hydrogens is 292 g/mol. The van der Waals surface area contributed by atoms with Crippen molar-refractivity contribution in [1.82, 2.24) is 0 Å². The standard InChI is InChI=1S/C19H38O2S/c1-4-6-7-8-9-10-11-12-13-18(14-16-20)22-19(3,17-21)15-5-2/h16,18,21H,4-15,17H2,1-3H3. The van der Waals surface area contributed by atoms with Gasteiger partial charge in [-0.05, 0) is 19.8 Å². The minimum atomic E-state index is -0.0808. The van der Waals surface area contributed by atoms with Crippen molar-refractivity contribution in [2.75, 3.05) is 6.61 Å². The maximum atomic E-state index is 10.9. The molecule has 2 nitrogen and oxygen atoms in total. The van der Waals surface area contributed by atoms with Crippen LogP contribution < -0.4 is 0 Å². The van der Waals surface area contributed by atoms with Gasteiger partial charge in [0.15, 0.2) is 0 Å². The van der Waals surface area contributed by atoms with Crippen molar-refractivity contribution in [2.45, 2.75) is 108 Å². The molecule has 2 unspecified atom stereocenters. The molecule has 0 heterocycles. The van der Waals surface area contributed by atoms with E-state index in [0.717, 1.165) is 25.5 Å². The third-order valence-corrected chi connectivity index (χ3v) is 5.97. The number of rotatable bonds is 16. The number of aliphatic hydroxyl groups is 1. The van der Waals surface area contributed by atoms with E-state index in [1.165, 1.54) is 51.4 Å². The van der Waals surface area contributed by atoms with Crippen LogP contribution in [0.3, 0.4) is 0 Å². The van der Waals surface area contributed by atoms with Crippen LogP contribution in [-0.2, 0) is 4.79 Å². The Labute approximate surface area is 142 Å². The van der Waals surface area contributed by atoms with Gasteiger partial charge in [0.2, 0.25) is 0 Å². The third kappa shape index (κ3) is 11.5. The number of carbonyl (C=O) groups excluding carboxylic acids is 1. The molecule has 0 bridgehead atoms. The summed E-state index contributed by atoms with van der Waals surface area (Å²) < 4.78 is -0.0808. The van der Waals surface area contributed by atoms with Gasteiger partial charge >= 0.3 is 0 Å². The lowest BCUT2D eigenvalue weighted by Crippen LogP contribution is -2.28. The van der Waals surface area contributed by atoms with E-state index in [-0.39, 0.29) is 11.4 Å². The van der Waals surface area contributed by atoms with Crippen molar-refractivity contribution < 1.29 is 9.90 Å². The predicted octanol–water partition coefficient (Wildman–Crippen LogP) is 5.76. The highest BCUT2D eigenvalue weighted by molar-refractivity contribution is 8.01. The molecule has 0 fully saturated rings. The fourth-order valence-corrected chi connectivity index (χ4v) is 4.61. The van der Waals surface area contributed by atoms with Gasteiger partial charge in [-0.2, -0.15) is 0 Å². The number of thioether (sulfide) groups is 1. The van der Waals surface area contributed by atoms with Crippen LogP contribution in [-0.4, -0.2) is 28.0 Å². The summed E-state index contributed by atoms with van der Waals surface area (Å²) in [5.41, 5.74) is 0. The Morgan fingerprint density at radius 1 is 1.00 bits per heavy atom. The molecule has 0 aliphatic carbocycles. The topological polar surface area (TPSA) is 37.3 Å². The molecule has 0 aromatic rings. The number of hydrogen-bond donors (Lipinski definition) is 1. The molecule has 0 aromatic carbocycles. The summed E-state index contributed by atoms with van der Waals surface area (Å²) in [5, 5.41) is 10.0. The molecule has 1 N–H and O–H groups in total. The maximum absolute atomic E-state index is 10.9. The molecule has 132 valence electrons. The van der Waals surface area contributed by atoms with E-state index >= 15 is 0 Å². The van der Waals surface area contributed by atoms with E-state index in [0.29, 0.717) is 11.7 Å². The zero-order valence-electron chi connectivity index (χ0n) is 15.1. The second-order valence-electron chi connectivity index (χ2n) is 6.76. The smallest absolute Gasteiger partial charge is 0.121 e. The van der Waals surface area contributed by atoms with Gasteiger partial charge in [-0.3, -0.25) is 0 Å². The molecule has 0 saturated carbocycles. The van der Waals surface area contributed by atoms with Crippen molar-refractivity contribution in [3.8, 4) is 0 Å². The lowest BCUT2D eigenvalue weighted by atomic mass is 10.1. The Bertz CT molecular complexity index is 258. The Hall–Kier alpha value is -0.0200. The Morgan fingerprint density at radius 2 is 1.59 bits per heavy atom. The Balaban J connectivity index is 3.91. The first kappa shape index (κ1) is 22.0. The molecule has 0 aliphatic heterocycles. The number of hydrogen-bond acceptors (Lipinski definition) is 3. The largest absolute Gasteiger partial charge is 0.395 e. The van der Waals surface area contributed by atoms with E-state index in [1.807, 2.05) is 11.8 Å². The van der Waals surface area contributed by atoms with Gasteiger partial charge < -0.3 is 9.90 Å². The van der Waals surface area contributed by atoms with Crippen molar-refractivity contribution in [3.63, 3.8) is 0 Å². The van der Waals surface area contributed by atoms with Gasteiger partial charge in [0.05, 0.1) is 6.61 Å². The van der Waals surface area contributed by atoms with Gasteiger partial charge in [-0.1, -0.05) is 71.6 Å². The van der Waals surface area contributed by atoms with Crippen LogP contribution in [0.25, 0.3) is 0 Å². The zero-order valence-corrected chi connectivity index (χ0v) is 15.9. The molecule has 0 aromatic heterocycles. The van der Waals surface area contributed by atoms with E-state index in [4.69, 9.17) is 0 Å². The van der Waals surface area contributed by atoms with Gasteiger partial charge in [0.1, 0.15) is 6.29 Å². The Kier molecular flexibility index (Phi) is 14.6. The van der Waals surface area contributed by atoms with Crippen LogP contribution in [0, 0.1) is 0 Å². The average molecular weight is 331 g/mol. The number of unbranched alkanes of at least 4 members (excludes halogenated alkanes) is 7. The molecule has 0 spiro atoms. The van der Waals surface area contributed by atoms with Gasteiger partial charge in [-0.25, -0.2) is 0 Å². The average Bonchev–Trinajstić information content (AvgIpc) is 2.50. The highest BCUT2D eigenvalue weighted by Gasteiger charge is 2.27. The monoisotopic (exact) mass is 330 g/mol. The predicted molar refractivity (Wildman–Crippen MR) is 99.7 cm³/mol. The second-order valence-corrected chi connectivity index (χ2v) is 8.65. The van der Waals surface area contributed by atoms with E-state index in [1.54, 1.807) is 0 Å². The van der Waals surface area contributed by atoms with Crippen molar-refractivity contribution in [1.29, 1.82) is 0 Å². The molecular formula is C19H38O2S. The normalized spacial score (nSPS) is 15.5. The summed E-state index contributed by atoms with van der Waals surface area (Å²) in [6, 6.07) is 0. The van der Waals surface area contributed by atoms with E-state index in [9.17, 15) is 9.90 Å². The summed E-state index contributed by atoms with van der Waals surface area (Å²) in [6.07, 6.45) is 15.5. The minimum absolute atomic E-state index is 0.0808. The quantitative estimate of drug-likeness (QED) is 0.289. The van der Waals surface area contributed by atoms with Gasteiger partial charge in [0, 0.05) is 16.4 Å². The molecule has 22 heavy (non-hydrogen) atoms. The second kappa shape index (κ2) is 14.6. The van der Waals surface area contributed by atoms with Crippen molar-refractivity contribution >= 4 is 18.0 Å². The van der Waals surface area contributed by atoms with E-state index in [2.05, 4.69) is 20.8 Å². The maximum Gasteiger partial charge on any atom is 0.121 e. The van der Waals surface area contributed by atoms with Crippen LogP contribution >= 0.6 is 11.8 Å². The summed E-state index contributed by atoms with van der Waals surface area (Å²) >= 11 is 1.83. The number of aliphatic hydroxyl groups excluding tert-OH is 1. The summed E-state index contributed by atoms with van der Waals surface area (Å²) in [5.74, 6) is 0. The molecule has 0 aliphatic rings. The highest BCUT2D eigenvalue weighted by atomic mass is 32.2. The first-order valence-corrected chi connectivity index (χ1v) is 10.2. The molecule has 0 saturated heterocycles. The summed E-state index contributed by atoms with van der Waals surface area (Å²) in [4.78, 5) is 10.9. The van der Waals surface area contributed by atoms with E-state index < -0.39 is 0 Å². The van der Waals surface area contributed by atoms with Crippen molar-refractivity contribution in [2.24, 2.45) is 0 Å². The molecule has 2 atom stereocenters. The SMILES string of the molecule is CCCCCCCCCCC(CC=O)SC(C)(CO)CCC. The fraction of sp³-hybridized carbons (Fsp3) is 0.947. The first-order chi connectivity index (χ1) is 10.6. The number of carbonyl (C=O) groups is 1. The molecule has 3 heteroatoms. The van der Waals surface area contributed by atoms with Crippen molar-refractivity contribution in [3.05, 3.63) is 0 Å². The Morgan fingerprint density at radius 3 is 2.09 bits per heavy atom. The zero-order chi connectivity index (χ0) is 16.7. The van der Waals surface area contributed by atoms with Crippen LogP contribution in [0.2, 0.25) is 0 Å². The van der Waals surface area contributed by atoms with Crippen LogP contribution in [0.5, 0.6) is 0 Å². The molecule has 0 amide bonds. The molecule has 0 rings (SSSR count). The third-order valence-electron chi connectivity index (χ3n) is 4.30. The highest BCUT2D eigenvalue weighted by Crippen LogP contribution is 2.36. The lowest BCUT2D eigenvalue weighted by molar-refractivity contribution is -0.107. The van der Waals surface area contributed by atoms with Crippen LogP contribution in [0.15, 0.2) is 0 Å². The fourth-order valence-electron chi connectivity index (χ4n) is 2.94. The first-order valence-electron chi connectivity index (χ1n) is 9.34. The van der Waals surface area contributed by atoms with Gasteiger partial charge in [-0.15, -0.1) is 11.8 Å². The van der Waals surface area contributed by atoms with Crippen LogP contribution in [0.4, 0.5) is 0 Å².